The molecule has 9 heteroatoms. The van der Waals surface area contributed by atoms with E-state index in [4.69, 9.17) is 5.11 Å². The second-order valence-electron chi connectivity index (χ2n) is 4.01. The number of aromatic carboxylic acids is 1. The molecule has 1 aromatic carbocycles. The van der Waals surface area contributed by atoms with Crippen LogP contribution in [-0.4, -0.2) is 44.1 Å². The maximum Gasteiger partial charge on any atom is 0.335 e. The fourth-order valence-electron chi connectivity index (χ4n) is 1.27. The van der Waals surface area contributed by atoms with E-state index in [-0.39, 0.29) is 17.9 Å². The molecule has 0 bridgehead atoms. The number of halogens is 1. The Bertz CT molecular complexity index is 630. The minimum Gasteiger partial charge on any atom is -0.478 e. The molecule has 0 saturated heterocycles. The van der Waals surface area contributed by atoms with Gasteiger partial charge < -0.3 is 15.7 Å². The molecule has 0 aromatic heterocycles. The number of hydrogen-bond acceptors (Lipinski definition) is 4. The summed E-state index contributed by atoms with van der Waals surface area (Å²) in [6, 6.07) is 3.56. The van der Waals surface area contributed by atoms with Gasteiger partial charge in [0.15, 0.2) is 0 Å². The zero-order valence-electron chi connectivity index (χ0n) is 10.5. The number of carbonyl (C=O) groups excluding carboxylic acids is 1. The molecule has 0 spiro atoms. The molecule has 0 atom stereocenters. The van der Waals surface area contributed by atoms with Crippen LogP contribution in [0.25, 0.3) is 0 Å². The number of anilines is 1. The van der Waals surface area contributed by atoms with E-state index in [1.165, 1.54) is 18.2 Å². The standard InChI is InChI=1S/C11H13BrN2O5S/c1-20(18,19)5-4-13-11(17)14-9-3-2-7(10(15)16)6-8(9)12/h2-3,6H,4-5H2,1H3,(H,15,16)(H2,13,14,17). The van der Waals surface area contributed by atoms with E-state index in [0.29, 0.717) is 10.2 Å². The van der Waals surface area contributed by atoms with Gasteiger partial charge in [-0.2, -0.15) is 0 Å². The van der Waals surface area contributed by atoms with Crippen LogP contribution in [0.4, 0.5) is 10.5 Å². The predicted molar refractivity (Wildman–Crippen MR) is 77.8 cm³/mol. The van der Waals surface area contributed by atoms with Crippen molar-refractivity contribution in [3.05, 3.63) is 28.2 Å². The fourth-order valence-corrected chi connectivity index (χ4v) is 2.22. The third-order valence-electron chi connectivity index (χ3n) is 2.22. The predicted octanol–water partition coefficient (Wildman–Crippen LogP) is 1.31. The molecule has 3 N–H and O–H groups in total. The first-order valence-electron chi connectivity index (χ1n) is 5.44. The summed E-state index contributed by atoms with van der Waals surface area (Å²) in [6.45, 7) is -0.00447. The summed E-state index contributed by atoms with van der Waals surface area (Å²) in [6.07, 6.45) is 1.08. The highest BCUT2D eigenvalue weighted by Crippen LogP contribution is 2.23. The van der Waals surface area contributed by atoms with E-state index in [9.17, 15) is 18.0 Å². The van der Waals surface area contributed by atoms with Crippen molar-refractivity contribution in [3.63, 3.8) is 0 Å². The first kappa shape index (κ1) is 16.4. The number of carbonyl (C=O) groups is 2. The van der Waals surface area contributed by atoms with E-state index < -0.39 is 21.8 Å². The van der Waals surface area contributed by atoms with Crippen LogP contribution >= 0.6 is 15.9 Å². The summed E-state index contributed by atoms with van der Waals surface area (Å²) in [5, 5.41) is 13.7. The summed E-state index contributed by atoms with van der Waals surface area (Å²) < 4.78 is 22.2. The Kier molecular flexibility index (Phi) is 5.52. The smallest absolute Gasteiger partial charge is 0.335 e. The number of sulfone groups is 1. The lowest BCUT2D eigenvalue weighted by Crippen LogP contribution is -2.32. The highest BCUT2D eigenvalue weighted by Gasteiger charge is 2.09. The fraction of sp³-hybridized carbons (Fsp3) is 0.273. The zero-order valence-corrected chi connectivity index (χ0v) is 12.9. The molecule has 1 rings (SSSR count). The monoisotopic (exact) mass is 364 g/mol. The number of carboxylic acids is 1. The molecule has 20 heavy (non-hydrogen) atoms. The van der Waals surface area contributed by atoms with E-state index in [2.05, 4.69) is 26.6 Å². The summed E-state index contributed by atoms with van der Waals surface area (Å²) in [4.78, 5) is 22.3. The van der Waals surface area contributed by atoms with E-state index in [0.717, 1.165) is 6.26 Å². The Hall–Kier alpha value is -1.61. The van der Waals surface area contributed by atoms with Gasteiger partial charge in [0.2, 0.25) is 0 Å². The van der Waals surface area contributed by atoms with Crippen molar-refractivity contribution in [1.29, 1.82) is 0 Å². The van der Waals surface area contributed by atoms with Gasteiger partial charge in [0, 0.05) is 17.3 Å². The van der Waals surface area contributed by atoms with Crippen LogP contribution in [-0.2, 0) is 9.84 Å². The first-order chi connectivity index (χ1) is 9.19. The van der Waals surface area contributed by atoms with Crippen LogP contribution in [0.5, 0.6) is 0 Å². The molecule has 0 fully saturated rings. The Morgan fingerprint density at radius 3 is 2.50 bits per heavy atom. The summed E-state index contributed by atoms with van der Waals surface area (Å²) in [7, 11) is -3.13. The lowest BCUT2D eigenvalue weighted by Gasteiger charge is -2.09. The van der Waals surface area contributed by atoms with Crippen molar-refractivity contribution in [2.45, 2.75) is 0 Å². The van der Waals surface area contributed by atoms with Gasteiger partial charge in [-0.05, 0) is 34.1 Å². The molecular weight excluding hydrogens is 352 g/mol. The van der Waals surface area contributed by atoms with Crippen molar-refractivity contribution < 1.29 is 23.1 Å². The molecule has 0 aliphatic rings. The third kappa shape index (κ3) is 5.57. The molecule has 0 aliphatic carbocycles. The van der Waals surface area contributed by atoms with Crippen molar-refractivity contribution in [2.75, 3.05) is 23.9 Å². The first-order valence-corrected chi connectivity index (χ1v) is 8.30. The molecule has 0 heterocycles. The number of nitrogens with one attached hydrogen (secondary N) is 2. The summed E-state index contributed by atoms with van der Waals surface area (Å²) in [5.74, 6) is -1.23. The number of benzene rings is 1. The van der Waals surface area contributed by atoms with Crippen LogP contribution in [0.1, 0.15) is 10.4 Å². The molecule has 0 saturated carbocycles. The van der Waals surface area contributed by atoms with Crippen molar-refractivity contribution >= 4 is 43.5 Å². The molecule has 0 aliphatic heterocycles. The lowest BCUT2D eigenvalue weighted by molar-refractivity contribution is 0.0697. The molecule has 110 valence electrons. The van der Waals surface area contributed by atoms with Crippen LogP contribution < -0.4 is 10.6 Å². The van der Waals surface area contributed by atoms with Gasteiger partial charge in [0.1, 0.15) is 9.84 Å². The summed E-state index contributed by atoms with van der Waals surface area (Å²) >= 11 is 3.14. The van der Waals surface area contributed by atoms with Crippen molar-refractivity contribution in [2.24, 2.45) is 0 Å². The molecule has 2 amide bonds. The van der Waals surface area contributed by atoms with Gasteiger partial charge in [0.25, 0.3) is 0 Å². The van der Waals surface area contributed by atoms with E-state index in [1.54, 1.807) is 0 Å². The largest absolute Gasteiger partial charge is 0.478 e. The maximum atomic E-state index is 11.5. The SMILES string of the molecule is CS(=O)(=O)CCNC(=O)Nc1ccc(C(=O)O)cc1Br. The maximum absolute atomic E-state index is 11.5. The molecule has 0 radical (unpaired) electrons. The average molecular weight is 365 g/mol. The molecule has 0 unspecified atom stereocenters. The zero-order chi connectivity index (χ0) is 15.3. The Morgan fingerprint density at radius 1 is 1.35 bits per heavy atom. The van der Waals surface area contributed by atoms with E-state index >= 15 is 0 Å². The van der Waals surface area contributed by atoms with Gasteiger partial charge in [-0.25, -0.2) is 18.0 Å². The van der Waals surface area contributed by atoms with Crippen molar-refractivity contribution in [1.82, 2.24) is 5.32 Å². The molecule has 1 aromatic rings. The number of hydrogen-bond donors (Lipinski definition) is 3. The second-order valence-corrected chi connectivity index (χ2v) is 7.12. The van der Waals surface area contributed by atoms with Gasteiger partial charge in [0.05, 0.1) is 17.0 Å². The topological polar surface area (TPSA) is 113 Å². The summed E-state index contributed by atoms with van der Waals surface area (Å²) in [5.41, 5.74) is 0.465. The normalized spacial score (nSPS) is 10.9. The van der Waals surface area contributed by atoms with Gasteiger partial charge in [-0.1, -0.05) is 0 Å². The quantitative estimate of drug-likeness (QED) is 0.728. The van der Waals surface area contributed by atoms with E-state index in [1.807, 2.05) is 0 Å². The van der Waals surface area contributed by atoms with Crippen LogP contribution in [0.3, 0.4) is 0 Å². The minimum atomic E-state index is -3.13. The number of amides is 2. The number of carboxylic acid groups (broad SMARTS) is 1. The molecule has 7 nitrogen and oxygen atoms in total. The second kappa shape index (κ2) is 6.71. The highest BCUT2D eigenvalue weighted by atomic mass is 79.9. The van der Waals surface area contributed by atoms with Crippen LogP contribution in [0, 0.1) is 0 Å². The number of urea groups is 1. The van der Waals surface area contributed by atoms with Crippen molar-refractivity contribution in [3.8, 4) is 0 Å². The van der Waals surface area contributed by atoms with Crippen LogP contribution in [0.2, 0.25) is 0 Å². The highest BCUT2D eigenvalue weighted by molar-refractivity contribution is 9.10. The average Bonchev–Trinajstić information content (AvgIpc) is 2.29. The number of rotatable bonds is 5. The third-order valence-corrected chi connectivity index (χ3v) is 3.82. The Balaban J connectivity index is 2.60. The molecular formula is C11H13BrN2O5S. The lowest BCUT2D eigenvalue weighted by atomic mass is 10.2. The Morgan fingerprint density at radius 2 is 2.00 bits per heavy atom. The Labute approximate surface area is 124 Å². The van der Waals surface area contributed by atoms with Gasteiger partial charge >= 0.3 is 12.0 Å². The van der Waals surface area contributed by atoms with Gasteiger partial charge in [-0.15, -0.1) is 0 Å². The van der Waals surface area contributed by atoms with Crippen LogP contribution in [0.15, 0.2) is 22.7 Å². The van der Waals surface area contributed by atoms with Gasteiger partial charge in [-0.3, -0.25) is 0 Å². The minimum absolute atomic E-state index is 0.00447.